The first-order chi connectivity index (χ1) is 16.5. The molecular weight excluding hydrogens is 444 g/mol. The lowest BCUT2D eigenvalue weighted by Crippen LogP contribution is -2.42. The van der Waals surface area contributed by atoms with E-state index in [2.05, 4.69) is 5.10 Å². The zero-order chi connectivity index (χ0) is 24.1. The molecule has 1 aliphatic heterocycles. The van der Waals surface area contributed by atoms with Gasteiger partial charge in [-0.3, -0.25) is 9.59 Å². The van der Waals surface area contributed by atoms with Crippen LogP contribution in [0.3, 0.4) is 0 Å². The van der Waals surface area contributed by atoms with E-state index in [0.717, 1.165) is 6.07 Å². The van der Waals surface area contributed by atoms with Crippen LogP contribution >= 0.6 is 0 Å². The number of halogens is 2. The fraction of sp³-hybridized carbons (Fsp3) is 0.240. The quantitative estimate of drug-likeness (QED) is 0.502. The molecule has 176 valence electrons. The molecule has 4 rings (SSSR count). The van der Waals surface area contributed by atoms with Crippen LogP contribution in [0.15, 0.2) is 76.4 Å². The number of benzene rings is 2. The van der Waals surface area contributed by atoms with E-state index >= 15 is 0 Å². The molecule has 1 atom stereocenters. The van der Waals surface area contributed by atoms with Gasteiger partial charge in [0.25, 0.3) is 11.8 Å². The number of furan rings is 1. The maximum absolute atomic E-state index is 13.7. The second-order valence-corrected chi connectivity index (χ2v) is 7.76. The van der Waals surface area contributed by atoms with Gasteiger partial charge in [-0.1, -0.05) is 18.2 Å². The Bertz CT molecular complexity index is 1180. The summed E-state index contributed by atoms with van der Waals surface area (Å²) in [5, 5.41) is 5.78. The van der Waals surface area contributed by atoms with Crippen molar-refractivity contribution in [2.45, 2.75) is 12.5 Å². The van der Waals surface area contributed by atoms with Gasteiger partial charge in [-0.2, -0.15) is 5.10 Å². The van der Waals surface area contributed by atoms with Crippen molar-refractivity contribution < 1.29 is 27.5 Å². The van der Waals surface area contributed by atoms with Gasteiger partial charge >= 0.3 is 0 Å². The molecule has 0 saturated heterocycles. The molecule has 0 spiro atoms. The molecule has 0 aliphatic carbocycles. The van der Waals surface area contributed by atoms with Crippen molar-refractivity contribution in [3.05, 3.63) is 95.4 Å². The van der Waals surface area contributed by atoms with Gasteiger partial charge < -0.3 is 14.1 Å². The number of methoxy groups -OCH3 is 1. The largest absolute Gasteiger partial charge is 0.467 e. The van der Waals surface area contributed by atoms with E-state index in [4.69, 9.17) is 9.15 Å². The molecule has 1 aliphatic rings. The van der Waals surface area contributed by atoms with E-state index in [1.54, 1.807) is 24.3 Å². The van der Waals surface area contributed by atoms with Crippen molar-refractivity contribution >= 4 is 17.5 Å². The normalized spacial score (nSPS) is 15.3. The number of carbonyl (C=O) groups excluding carboxylic acids is 2. The Morgan fingerprint density at radius 2 is 1.91 bits per heavy atom. The molecule has 2 amide bonds. The van der Waals surface area contributed by atoms with E-state index in [-0.39, 0.29) is 31.1 Å². The Hall–Kier alpha value is -3.85. The highest BCUT2D eigenvalue weighted by atomic mass is 19.1. The summed E-state index contributed by atoms with van der Waals surface area (Å²) in [5.74, 6) is -1.33. The third-order valence-corrected chi connectivity index (χ3v) is 5.47. The summed E-state index contributed by atoms with van der Waals surface area (Å²) >= 11 is 0. The summed E-state index contributed by atoms with van der Waals surface area (Å²) in [6, 6.07) is 14.1. The number of ether oxygens (including phenoxy) is 1. The van der Waals surface area contributed by atoms with Crippen LogP contribution in [0, 0.1) is 11.6 Å². The summed E-state index contributed by atoms with van der Waals surface area (Å²) in [6.45, 7) is 0.0293. The van der Waals surface area contributed by atoms with Gasteiger partial charge in [0, 0.05) is 25.6 Å². The zero-order valence-electron chi connectivity index (χ0n) is 18.5. The molecular formula is C25H23F2N3O4. The summed E-state index contributed by atoms with van der Waals surface area (Å²) in [5.41, 5.74) is 1.40. The van der Waals surface area contributed by atoms with Crippen LogP contribution in [0.25, 0.3) is 0 Å². The molecule has 0 bridgehead atoms. The Labute approximate surface area is 195 Å². The van der Waals surface area contributed by atoms with Gasteiger partial charge in [0.1, 0.15) is 30.0 Å². The summed E-state index contributed by atoms with van der Waals surface area (Å²) in [7, 11) is 1.49. The van der Waals surface area contributed by atoms with Crippen molar-refractivity contribution in [2.75, 3.05) is 26.8 Å². The van der Waals surface area contributed by atoms with Gasteiger partial charge in [-0.15, -0.1) is 0 Å². The molecule has 3 aromatic rings. The van der Waals surface area contributed by atoms with E-state index in [1.165, 1.54) is 53.6 Å². The average Bonchev–Trinajstić information content (AvgIpc) is 3.52. The molecule has 0 unspecified atom stereocenters. The van der Waals surface area contributed by atoms with E-state index < -0.39 is 23.7 Å². The van der Waals surface area contributed by atoms with Gasteiger partial charge in [-0.05, 0) is 48.0 Å². The topological polar surface area (TPSA) is 75.3 Å². The zero-order valence-corrected chi connectivity index (χ0v) is 18.5. The first kappa shape index (κ1) is 23.3. The monoisotopic (exact) mass is 467 g/mol. The minimum atomic E-state index is -0.546. The number of hydrazone groups is 1. The molecule has 34 heavy (non-hydrogen) atoms. The van der Waals surface area contributed by atoms with Crippen LogP contribution in [0.5, 0.6) is 0 Å². The molecule has 0 fully saturated rings. The van der Waals surface area contributed by atoms with Gasteiger partial charge in [0.05, 0.1) is 18.6 Å². The van der Waals surface area contributed by atoms with Gasteiger partial charge in [-0.25, -0.2) is 13.8 Å². The molecule has 9 heteroatoms. The molecule has 0 N–H and O–H groups in total. The van der Waals surface area contributed by atoms with Crippen LogP contribution < -0.4 is 0 Å². The molecule has 2 heterocycles. The maximum atomic E-state index is 13.7. The lowest BCUT2D eigenvalue weighted by atomic mass is 10.0. The molecule has 2 aromatic carbocycles. The Morgan fingerprint density at radius 1 is 1.12 bits per heavy atom. The van der Waals surface area contributed by atoms with Gasteiger partial charge in [0.2, 0.25) is 0 Å². The number of amides is 2. The summed E-state index contributed by atoms with van der Waals surface area (Å²) in [6.07, 6.45) is 1.87. The number of rotatable bonds is 8. The van der Waals surface area contributed by atoms with Crippen LogP contribution in [-0.2, 0) is 9.53 Å². The van der Waals surface area contributed by atoms with Crippen molar-refractivity contribution in [1.29, 1.82) is 0 Å². The lowest BCUT2D eigenvalue weighted by molar-refractivity contribution is -0.134. The predicted molar refractivity (Wildman–Crippen MR) is 120 cm³/mol. The first-order valence-electron chi connectivity index (χ1n) is 10.7. The van der Waals surface area contributed by atoms with E-state index in [0.29, 0.717) is 23.5 Å². The van der Waals surface area contributed by atoms with Crippen LogP contribution in [-0.4, -0.2) is 54.2 Å². The number of hydrogen-bond acceptors (Lipinski definition) is 5. The lowest BCUT2D eigenvalue weighted by Gasteiger charge is -2.26. The standard InChI is InChI=1S/C25H23F2N3O4/c1-33-13-11-29(25(32)18-4-2-5-20(27)14-18)16-24(31)30-22(23-6-3-12-34-23)15-21(28-30)17-7-9-19(26)10-8-17/h2-10,12,14,22H,11,13,15-16H2,1H3/t22-/m0/s1. The second kappa shape index (κ2) is 10.4. The molecule has 1 aromatic heterocycles. The number of nitrogens with zero attached hydrogens (tertiary/aromatic N) is 3. The first-order valence-corrected chi connectivity index (χ1v) is 10.7. The SMILES string of the molecule is COCCN(CC(=O)N1N=C(c2ccc(F)cc2)C[C@H]1c1ccco1)C(=O)c1cccc(F)c1. The van der Waals surface area contributed by atoms with Crippen LogP contribution in [0.4, 0.5) is 8.78 Å². The number of carbonyl (C=O) groups is 2. The average molecular weight is 467 g/mol. The molecule has 7 nitrogen and oxygen atoms in total. The Balaban J connectivity index is 1.59. The minimum Gasteiger partial charge on any atom is -0.467 e. The van der Waals surface area contributed by atoms with Crippen LogP contribution in [0.1, 0.15) is 34.1 Å². The summed E-state index contributed by atoms with van der Waals surface area (Å²) in [4.78, 5) is 27.7. The Kier molecular flexibility index (Phi) is 7.12. The van der Waals surface area contributed by atoms with Crippen molar-refractivity contribution in [3.8, 4) is 0 Å². The van der Waals surface area contributed by atoms with Crippen molar-refractivity contribution in [2.24, 2.45) is 5.10 Å². The Morgan fingerprint density at radius 3 is 2.59 bits per heavy atom. The maximum Gasteiger partial charge on any atom is 0.262 e. The third kappa shape index (κ3) is 5.20. The van der Waals surface area contributed by atoms with Crippen LogP contribution in [0.2, 0.25) is 0 Å². The van der Waals surface area contributed by atoms with E-state index in [9.17, 15) is 18.4 Å². The third-order valence-electron chi connectivity index (χ3n) is 5.47. The highest BCUT2D eigenvalue weighted by Gasteiger charge is 2.36. The van der Waals surface area contributed by atoms with Crippen molar-refractivity contribution in [1.82, 2.24) is 9.91 Å². The van der Waals surface area contributed by atoms with Gasteiger partial charge in [0.15, 0.2) is 0 Å². The highest BCUT2D eigenvalue weighted by molar-refractivity contribution is 6.03. The molecule has 0 saturated carbocycles. The minimum absolute atomic E-state index is 0.128. The second-order valence-electron chi connectivity index (χ2n) is 7.76. The number of hydrogen-bond donors (Lipinski definition) is 0. The molecule has 0 radical (unpaired) electrons. The fourth-order valence-corrected chi connectivity index (χ4v) is 3.75. The highest BCUT2D eigenvalue weighted by Crippen LogP contribution is 2.33. The summed E-state index contributed by atoms with van der Waals surface area (Å²) < 4.78 is 37.7. The smallest absolute Gasteiger partial charge is 0.262 e. The predicted octanol–water partition coefficient (Wildman–Crippen LogP) is 4.02. The fourth-order valence-electron chi connectivity index (χ4n) is 3.75. The van der Waals surface area contributed by atoms with Crippen molar-refractivity contribution in [3.63, 3.8) is 0 Å². The van der Waals surface area contributed by atoms with E-state index in [1.807, 2.05) is 0 Å².